The van der Waals surface area contributed by atoms with Gasteiger partial charge in [0.15, 0.2) is 6.10 Å². The number of pyridine rings is 1. The van der Waals surface area contributed by atoms with Crippen LogP contribution in [0.2, 0.25) is 0 Å². The third-order valence-electron chi connectivity index (χ3n) is 3.27. The number of nitrogens with zero attached hydrogens (tertiary/aromatic N) is 1. The Morgan fingerprint density at radius 3 is 2.57 bits per heavy atom. The zero-order valence-electron chi connectivity index (χ0n) is 12.3. The van der Waals surface area contributed by atoms with Crippen molar-refractivity contribution in [2.75, 3.05) is 12.4 Å². The number of carbonyl (C=O) groups is 1. The van der Waals surface area contributed by atoms with Crippen LogP contribution in [-0.2, 0) is 16.6 Å². The Labute approximate surface area is 123 Å². The van der Waals surface area contributed by atoms with Crippen molar-refractivity contribution in [3.05, 3.63) is 64.1 Å². The van der Waals surface area contributed by atoms with E-state index >= 15 is 0 Å². The van der Waals surface area contributed by atoms with Crippen LogP contribution >= 0.6 is 0 Å². The van der Waals surface area contributed by atoms with Crippen molar-refractivity contribution in [1.29, 1.82) is 0 Å². The average molecular weight is 286 g/mol. The molecule has 1 N–H and O–H groups in total. The van der Waals surface area contributed by atoms with Crippen LogP contribution in [0, 0.1) is 6.92 Å². The van der Waals surface area contributed by atoms with E-state index in [0.717, 1.165) is 11.1 Å². The molecule has 0 fully saturated rings. The smallest absolute Gasteiger partial charge is 0.258 e. The number of amides is 1. The van der Waals surface area contributed by atoms with Gasteiger partial charge in [-0.05, 0) is 18.1 Å². The van der Waals surface area contributed by atoms with Gasteiger partial charge in [-0.15, -0.1) is 0 Å². The van der Waals surface area contributed by atoms with E-state index in [4.69, 9.17) is 4.74 Å². The summed E-state index contributed by atoms with van der Waals surface area (Å²) in [7, 11) is 3.13. The highest BCUT2D eigenvalue weighted by Gasteiger charge is 2.20. The topological polar surface area (TPSA) is 60.3 Å². The number of aromatic nitrogens is 1. The maximum atomic E-state index is 12.4. The van der Waals surface area contributed by atoms with E-state index in [0.29, 0.717) is 5.69 Å². The van der Waals surface area contributed by atoms with E-state index < -0.39 is 6.10 Å². The van der Waals surface area contributed by atoms with Gasteiger partial charge < -0.3 is 14.6 Å². The van der Waals surface area contributed by atoms with E-state index in [1.54, 1.807) is 20.2 Å². The van der Waals surface area contributed by atoms with Crippen molar-refractivity contribution in [3.63, 3.8) is 0 Å². The molecule has 1 aromatic carbocycles. The van der Waals surface area contributed by atoms with Crippen molar-refractivity contribution >= 4 is 11.6 Å². The quantitative estimate of drug-likeness (QED) is 0.935. The summed E-state index contributed by atoms with van der Waals surface area (Å²) < 4.78 is 6.71. The second-order valence-corrected chi connectivity index (χ2v) is 4.83. The van der Waals surface area contributed by atoms with Crippen molar-refractivity contribution in [1.82, 2.24) is 4.57 Å². The lowest BCUT2D eigenvalue weighted by Crippen LogP contribution is -2.25. The maximum absolute atomic E-state index is 12.4. The van der Waals surface area contributed by atoms with E-state index in [9.17, 15) is 9.59 Å². The summed E-state index contributed by atoms with van der Waals surface area (Å²) in [6, 6.07) is 10.7. The van der Waals surface area contributed by atoms with Crippen LogP contribution < -0.4 is 10.9 Å². The molecule has 5 heteroatoms. The lowest BCUT2D eigenvalue weighted by atomic mass is 10.1. The summed E-state index contributed by atoms with van der Waals surface area (Å²) in [5, 5.41) is 2.80. The van der Waals surface area contributed by atoms with Gasteiger partial charge in [0.05, 0.1) is 5.69 Å². The monoisotopic (exact) mass is 286 g/mol. The molecule has 0 radical (unpaired) electrons. The number of ether oxygens (including phenoxy) is 1. The number of hydrogen-bond donors (Lipinski definition) is 1. The number of rotatable bonds is 4. The van der Waals surface area contributed by atoms with E-state index in [2.05, 4.69) is 5.32 Å². The second kappa shape index (κ2) is 6.37. The van der Waals surface area contributed by atoms with Gasteiger partial charge in [0.25, 0.3) is 11.5 Å². The number of hydrogen-bond acceptors (Lipinski definition) is 3. The number of benzene rings is 1. The molecule has 110 valence electrons. The molecular weight excluding hydrogens is 268 g/mol. The summed E-state index contributed by atoms with van der Waals surface area (Å²) >= 11 is 0. The Bertz CT molecular complexity index is 692. The molecule has 1 heterocycles. The van der Waals surface area contributed by atoms with Crippen molar-refractivity contribution in [3.8, 4) is 0 Å². The lowest BCUT2D eigenvalue weighted by molar-refractivity contribution is -0.126. The minimum absolute atomic E-state index is 0.114. The van der Waals surface area contributed by atoms with Crippen LogP contribution in [0.4, 0.5) is 5.69 Å². The van der Waals surface area contributed by atoms with Crippen LogP contribution in [0.5, 0.6) is 0 Å². The van der Waals surface area contributed by atoms with Gasteiger partial charge in [-0.3, -0.25) is 9.59 Å². The van der Waals surface area contributed by atoms with Crippen LogP contribution in [0.3, 0.4) is 0 Å². The molecular formula is C16H18N2O3. The predicted octanol–water partition coefficient (Wildman–Crippen LogP) is 2.02. The molecule has 2 aromatic rings. The number of methoxy groups -OCH3 is 1. The first-order chi connectivity index (χ1) is 10.0. The maximum Gasteiger partial charge on any atom is 0.258 e. The highest BCUT2D eigenvalue weighted by Crippen LogP contribution is 2.20. The number of carbonyl (C=O) groups excluding carboxylic acids is 1. The SMILES string of the molecule is CO[C@H](C(=O)Nc1cn(C)c(=O)cc1C)c1ccccc1. The fourth-order valence-electron chi connectivity index (χ4n) is 2.08. The molecule has 1 atom stereocenters. The van der Waals surface area contributed by atoms with Gasteiger partial charge in [-0.1, -0.05) is 30.3 Å². The summed E-state index contributed by atoms with van der Waals surface area (Å²) in [5.74, 6) is -0.273. The van der Waals surface area contributed by atoms with E-state index in [-0.39, 0.29) is 11.5 Å². The third kappa shape index (κ3) is 3.38. The van der Waals surface area contributed by atoms with Crippen LogP contribution in [0.25, 0.3) is 0 Å². The third-order valence-corrected chi connectivity index (χ3v) is 3.27. The molecule has 1 amide bonds. The standard InChI is InChI=1S/C16H18N2O3/c1-11-9-14(19)18(2)10-13(11)17-16(20)15(21-3)12-7-5-4-6-8-12/h4-10,15H,1-3H3,(H,17,20)/t15-/m0/s1. The fraction of sp³-hybridized carbons (Fsp3) is 0.250. The van der Waals surface area contributed by atoms with Gasteiger partial charge >= 0.3 is 0 Å². The summed E-state index contributed by atoms with van der Waals surface area (Å²) in [4.78, 5) is 23.9. The highest BCUT2D eigenvalue weighted by atomic mass is 16.5. The Kier molecular flexibility index (Phi) is 4.55. The van der Waals surface area contributed by atoms with Gasteiger partial charge in [0.1, 0.15) is 0 Å². The largest absolute Gasteiger partial charge is 0.367 e. The Balaban J connectivity index is 2.25. The molecule has 0 unspecified atom stereocenters. The molecule has 0 spiro atoms. The molecule has 0 aliphatic carbocycles. The van der Waals surface area contributed by atoms with Crippen molar-refractivity contribution in [2.45, 2.75) is 13.0 Å². The Morgan fingerprint density at radius 2 is 1.95 bits per heavy atom. The number of aryl methyl sites for hydroxylation is 2. The molecule has 0 bridgehead atoms. The minimum Gasteiger partial charge on any atom is -0.367 e. The Morgan fingerprint density at radius 1 is 1.29 bits per heavy atom. The average Bonchev–Trinajstić information content (AvgIpc) is 2.46. The first-order valence-electron chi connectivity index (χ1n) is 6.59. The van der Waals surface area contributed by atoms with Crippen molar-refractivity contribution < 1.29 is 9.53 Å². The zero-order valence-corrected chi connectivity index (χ0v) is 12.3. The molecule has 0 aliphatic rings. The van der Waals surface area contributed by atoms with Gasteiger partial charge in [0, 0.05) is 26.4 Å². The van der Waals surface area contributed by atoms with E-state index in [1.807, 2.05) is 30.3 Å². The molecule has 0 aliphatic heterocycles. The minimum atomic E-state index is -0.692. The van der Waals surface area contributed by atoms with Gasteiger partial charge in [0.2, 0.25) is 0 Å². The first-order valence-corrected chi connectivity index (χ1v) is 6.59. The second-order valence-electron chi connectivity index (χ2n) is 4.83. The Hall–Kier alpha value is -2.40. The summed E-state index contributed by atoms with van der Waals surface area (Å²) in [5.41, 5.74) is 1.98. The zero-order chi connectivity index (χ0) is 15.4. The van der Waals surface area contributed by atoms with Crippen LogP contribution in [0.15, 0.2) is 47.4 Å². The highest BCUT2D eigenvalue weighted by molar-refractivity contribution is 5.95. The first kappa shape index (κ1) is 15.0. The summed E-state index contributed by atoms with van der Waals surface area (Å²) in [6.45, 7) is 1.78. The van der Waals surface area contributed by atoms with E-state index in [1.165, 1.54) is 17.7 Å². The lowest BCUT2D eigenvalue weighted by Gasteiger charge is -2.17. The van der Waals surface area contributed by atoms with Crippen LogP contribution in [-0.4, -0.2) is 17.6 Å². The molecule has 0 saturated carbocycles. The number of anilines is 1. The van der Waals surface area contributed by atoms with Crippen molar-refractivity contribution in [2.24, 2.45) is 7.05 Å². The van der Waals surface area contributed by atoms with Gasteiger partial charge in [-0.2, -0.15) is 0 Å². The fourth-order valence-corrected chi connectivity index (χ4v) is 2.08. The molecule has 0 saturated heterocycles. The summed E-state index contributed by atoms with van der Waals surface area (Å²) in [6.07, 6.45) is 0.913. The van der Waals surface area contributed by atoms with Crippen LogP contribution in [0.1, 0.15) is 17.2 Å². The normalized spacial score (nSPS) is 12.0. The molecule has 21 heavy (non-hydrogen) atoms. The molecule has 1 aromatic heterocycles. The number of nitrogens with one attached hydrogen (secondary N) is 1. The molecule has 5 nitrogen and oxygen atoms in total. The predicted molar refractivity (Wildman–Crippen MR) is 81.2 cm³/mol. The molecule has 2 rings (SSSR count). The van der Waals surface area contributed by atoms with Gasteiger partial charge in [-0.25, -0.2) is 0 Å².